The number of amides is 1. The summed E-state index contributed by atoms with van der Waals surface area (Å²) in [5.41, 5.74) is -0.431. The van der Waals surface area contributed by atoms with Crippen LogP contribution in [-0.2, 0) is 20.8 Å². The van der Waals surface area contributed by atoms with Crippen LogP contribution in [0.15, 0.2) is 52.5 Å². The first-order valence-electron chi connectivity index (χ1n) is 7.40. The Labute approximate surface area is 152 Å². The number of alkyl halides is 3. The zero-order chi connectivity index (χ0) is 19.4. The number of sulfone groups is 1. The summed E-state index contributed by atoms with van der Waals surface area (Å²) in [6.45, 7) is 1.54. The zero-order valence-electron chi connectivity index (χ0n) is 13.6. The molecule has 140 valence electrons. The van der Waals surface area contributed by atoms with Crippen molar-refractivity contribution in [1.82, 2.24) is 4.98 Å². The largest absolute Gasteiger partial charge is 0.417 e. The molecule has 0 unspecified atom stereocenters. The molecule has 0 saturated heterocycles. The molecule has 2 rings (SSSR count). The van der Waals surface area contributed by atoms with Gasteiger partial charge in [-0.25, -0.2) is 13.4 Å². The molecule has 1 aromatic carbocycles. The highest BCUT2D eigenvalue weighted by molar-refractivity contribution is 7.99. The van der Waals surface area contributed by atoms with Crippen molar-refractivity contribution in [2.75, 3.05) is 16.8 Å². The van der Waals surface area contributed by atoms with Crippen molar-refractivity contribution >= 4 is 33.2 Å². The van der Waals surface area contributed by atoms with E-state index in [9.17, 15) is 26.4 Å². The first-order valence-corrected chi connectivity index (χ1v) is 10.0. The van der Waals surface area contributed by atoms with Crippen molar-refractivity contribution in [3.05, 3.63) is 48.2 Å². The molecular formula is C16H15F3N2O3S2. The maximum Gasteiger partial charge on any atom is 0.417 e. The number of carbonyl (C=O) groups is 1. The van der Waals surface area contributed by atoms with E-state index in [1.165, 1.54) is 37.3 Å². The number of halogens is 3. The normalized spacial score (nSPS) is 12.0. The van der Waals surface area contributed by atoms with E-state index < -0.39 is 21.6 Å². The van der Waals surface area contributed by atoms with Crippen molar-refractivity contribution in [2.45, 2.75) is 23.0 Å². The van der Waals surface area contributed by atoms with Gasteiger partial charge >= 0.3 is 6.18 Å². The Bertz CT molecular complexity index is 865. The van der Waals surface area contributed by atoms with Crippen LogP contribution in [0.4, 0.5) is 18.9 Å². The number of thioether (sulfide) groups is 1. The second-order valence-corrected chi connectivity index (χ2v) is 8.42. The number of nitrogens with one attached hydrogen (secondary N) is 1. The van der Waals surface area contributed by atoms with Gasteiger partial charge < -0.3 is 5.32 Å². The molecule has 0 radical (unpaired) electrons. The lowest BCUT2D eigenvalue weighted by Crippen LogP contribution is -2.14. The maximum atomic E-state index is 12.5. The summed E-state index contributed by atoms with van der Waals surface area (Å²) in [7, 11) is -3.31. The summed E-state index contributed by atoms with van der Waals surface area (Å²) < 4.78 is 60.8. The van der Waals surface area contributed by atoms with Crippen molar-refractivity contribution in [2.24, 2.45) is 0 Å². The first kappa shape index (κ1) is 20.2. The monoisotopic (exact) mass is 404 g/mol. The van der Waals surface area contributed by atoms with Gasteiger partial charge in [0.1, 0.15) is 0 Å². The molecule has 0 saturated carbocycles. The van der Waals surface area contributed by atoms with Crippen LogP contribution < -0.4 is 5.32 Å². The number of nitrogens with zero attached hydrogens (tertiary/aromatic N) is 1. The number of rotatable bonds is 6. The molecule has 1 N–H and O–H groups in total. The van der Waals surface area contributed by atoms with Gasteiger partial charge in [-0.1, -0.05) is 18.7 Å². The van der Waals surface area contributed by atoms with E-state index in [4.69, 9.17) is 0 Å². The SMILES string of the molecule is CCS(=O)(=O)c1ccc(NC(=O)CSc2ccc(C(F)(F)F)cn2)cc1. The molecule has 5 nitrogen and oxygen atoms in total. The third-order valence-corrected chi connectivity index (χ3v) is 5.99. The maximum absolute atomic E-state index is 12.5. The van der Waals surface area contributed by atoms with Gasteiger partial charge in [-0.05, 0) is 36.4 Å². The minimum absolute atomic E-state index is 0.0184. The summed E-state index contributed by atoms with van der Waals surface area (Å²) in [4.78, 5) is 15.7. The van der Waals surface area contributed by atoms with Gasteiger partial charge in [0.25, 0.3) is 0 Å². The highest BCUT2D eigenvalue weighted by Crippen LogP contribution is 2.29. The first-order chi connectivity index (χ1) is 12.1. The molecule has 0 aliphatic carbocycles. The fraction of sp³-hybridized carbons (Fsp3) is 0.250. The van der Waals surface area contributed by atoms with Gasteiger partial charge in [-0.3, -0.25) is 4.79 Å². The number of pyridine rings is 1. The van der Waals surface area contributed by atoms with Crippen LogP contribution in [0.1, 0.15) is 12.5 Å². The van der Waals surface area contributed by atoms with Crippen LogP contribution in [0.2, 0.25) is 0 Å². The van der Waals surface area contributed by atoms with E-state index in [2.05, 4.69) is 10.3 Å². The van der Waals surface area contributed by atoms with E-state index >= 15 is 0 Å². The average molecular weight is 404 g/mol. The Kier molecular flexibility index (Phi) is 6.30. The fourth-order valence-electron chi connectivity index (χ4n) is 1.88. The van der Waals surface area contributed by atoms with Crippen molar-refractivity contribution < 1.29 is 26.4 Å². The van der Waals surface area contributed by atoms with Gasteiger partial charge in [0.2, 0.25) is 5.91 Å². The predicted molar refractivity (Wildman–Crippen MR) is 92.8 cm³/mol. The summed E-state index contributed by atoms with van der Waals surface area (Å²) in [6, 6.07) is 7.85. The molecule has 26 heavy (non-hydrogen) atoms. The Morgan fingerprint density at radius 2 is 1.81 bits per heavy atom. The number of anilines is 1. The Morgan fingerprint density at radius 3 is 2.31 bits per heavy atom. The Hall–Kier alpha value is -2.07. The molecule has 0 aliphatic rings. The lowest BCUT2D eigenvalue weighted by atomic mass is 10.3. The molecule has 1 amide bonds. The predicted octanol–water partition coefficient (Wildman–Crippen LogP) is 3.62. The van der Waals surface area contributed by atoms with Crippen molar-refractivity contribution in [1.29, 1.82) is 0 Å². The quantitative estimate of drug-likeness (QED) is 0.744. The molecule has 0 aliphatic heterocycles. The number of carbonyl (C=O) groups excluding carboxylic acids is 1. The lowest BCUT2D eigenvalue weighted by molar-refractivity contribution is -0.137. The minimum Gasteiger partial charge on any atom is -0.325 e. The molecule has 0 spiro atoms. The van der Waals surface area contributed by atoms with Crippen molar-refractivity contribution in [3.8, 4) is 0 Å². The van der Waals surface area contributed by atoms with Gasteiger partial charge in [0.05, 0.1) is 27.0 Å². The summed E-state index contributed by atoms with van der Waals surface area (Å²) >= 11 is 0.992. The van der Waals surface area contributed by atoms with Crippen LogP contribution in [0.5, 0.6) is 0 Å². The van der Waals surface area contributed by atoms with E-state index in [-0.39, 0.29) is 27.3 Å². The van der Waals surface area contributed by atoms with Gasteiger partial charge in [0, 0.05) is 11.9 Å². The number of hydrogen-bond acceptors (Lipinski definition) is 5. The molecule has 0 atom stereocenters. The topological polar surface area (TPSA) is 76.1 Å². The molecule has 0 bridgehead atoms. The summed E-state index contributed by atoms with van der Waals surface area (Å²) in [5.74, 6) is -0.453. The van der Waals surface area contributed by atoms with Crippen LogP contribution in [-0.4, -0.2) is 30.8 Å². The number of aromatic nitrogens is 1. The van der Waals surface area contributed by atoms with Crippen molar-refractivity contribution in [3.63, 3.8) is 0 Å². The Morgan fingerprint density at radius 1 is 1.15 bits per heavy atom. The molecule has 0 fully saturated rings. The third-order valence-electron chi connectivity index (χ3n) is 3.29. The van der Waals surface area contributed by atoms with Gasteiger partial charge in [0.15, 0.2) is 9.84 Å². The molecule has 1 aromatic heterocycles. The second-order valence-electron chi connectivity index (χ2n) is 5.15. The molecule has 1 heterocycles. The van der Waals surface area contributed by atoms with E-state index in [1.807, 2.05) is 0 Å². The Balaban J connectivity index is 1.91. The third kappa shape index (κ3) is 5.46. The van der Waals surface area contributed by atoms with Crippen LogP contribution >= 0.6 is 11.8 Å². The van der Waals surface area contributed by atoms with Crippen LogP contribution in [0, 0.1) is 0 Å². The zero-order valence-corrected chi connectivity index (χ0v) is 15.2. The fourth-order valence-corrected chi connectivity index (χ4v) is 3.41. The van der Waals surface area contributed by atoms with Crippen LogP contribution in [0.3, 0.4) is 0 Å². The smallest absolute Gasteiger partial charge is 0.325 e. The number of hydrogen-bond donors (Lipinski definition) is 1. The van der Waals surface area contributed by atoms with Crippen LogP contribution in [0.25, 0.3) is 0 Å². The van der Waals surface area contributed by atoms with Gasteiger partial charge in [-0.15, -0.1) is 0 Å². The lowest BCUT2D eigenvalue weighted by Gasteiger charge is -2.08. The number of benzene rings is 1. The minimum atomic E-state index is -4.45. The summed E-state index contributed by atoms with van der Waals surface area (Å²) in [5, 5.41) is 2.87. The highest BCUT2D eigenvalue weighted by atomic mass is 32.2. The van der Waals surface area contributed by atoms with E-state index in [1.54, 1.807) is 0 Å². The summed E-state index contributed by atoms with van der Waals surface area (Å²) in [6.07, 6.45) is -3.74. The second kappa shape index (κ2) is 8.09. The molecule has 10 heteroatoms. The van der Waals surface area contributed by atoms with Gasteiger partial charge in [-0.2, -0.15) is 13.2 Å². The van der Waals surface area contributed by atoms with E-state index in [0.29, 0.717) is 11.9 Å². The molecule has 2 aromatic rings. The van der Waals surface area contributed by atoms with E-state index in [0.717, 1.165) is 17.8 Å². The average Bonchev–Trinajstić information content (AvgIpc) is 2.60. The molecular weight excluding hydrogens is 389 g/mol. The standard InChI is InChI=1S/C16H15F3N2O3S2/c1-2-26(23,24)13-6-4-12(5-7-13)21-14(22)10-25-15-8-3-11(9-20-15)16(17,18)19/h3-9H,2,10H2,1H3,(H,21,22). The highest BCUT2D eigenvalue weighted by Gasteiger charge is 2.30.